The normalized spacial score (nSPS) is 13.8. The number of phosphoric acid groups is 1. The molecule has 0 aromatic heterocycles. The summed E-state index contributed by atoms with van der Waals surface area (Å²) in [6.45, 7) is 4.22. The molecule has 48 heavy (non-hydrogen) atoms. The third-order valence-corrected chi connectivity index (χ3v) is 9.42. The highest BCUT2D eigenvalue weighted by Crippen LogP contribution is 2.43. The van der Waals surface area contributed by atoms with E-state index in [0.717, 1.165) is 44.9 Å². The first kappa shape index (κ1) is 46.8. The molecule has 0 aliphatic rings. The van der Waals surface area contributed by atoms with Gasteiger partial charge in [0.05, 0.1) is 19.5 Å². The number of nitrogens with two attached hydrogens (primary N) is 1. The number of ether oxygens (including phenoxy) is 2. The average molecular weight is 702 g/mol. The largest absolute Gasteiger partial charge is 0.498 e. The van der Waals surface area contributed by atoms with Crippen LogP contribution in [0.25, 0.3) is 0 Å². The Balaban J connectivity index is 4.12. The maximum absolute atomic E-state index is 12.5. The van der Waals surface area contributed by atoms with Gasteiger partial charge in [-0.05, 0) is 51.0 Å². The van der Waals surface area contributed by atoms with Crippen LogP contribution in [0.1, 0.15) is 187 Å². The van der Waals surface area contributed by atoms with Crippen LogP contribution >= 0.6 is 7.82 Å². The van der Waals surface area contributed by atoms with Crippen LogP contribution in [-0.4, -0.2) is 43.3 Å². The molecule has 9 heteroatoms. The summed E-state index contributed by atoms with van der Waals surface area (Å²) in [5.74, 6) is -0.361. The smallest absolute Gasteiger partial charge is 0.472 e. The Bertz CT molecular complexity index is 792. The van der Waals surface area contributed by atoms with Crippen LogP contribution in [0, 0.1) is 0 Å². The predicted molar refractivity (Wildman–Crippen MR) is 201 cm³/mol. The number of unbranched alkanes of at least 4 members (excludes halogenated alkanes) is 23. The number of carbonyl (C=O) groups is 1. The van der Waals surface area contributed by atoms with Crippen molar-refractivity contribution in [2.45, 2.75) is 193 Å². The second kappa shape index (κ2) is 37.1. The maximum atomic E-state index is 12.5. The lowest BCUT2D eigenvalue weighted by Gasteiger charge is -2.19. The molecule has 2 atom stereocenters. The summed E-state index contributed by atoms with van der Waals surface area (Å²) in [5, 5.41) is 0. The van der Waals surface area contributed by atoms with Crippen LogP contribution in [-0.2, 0) is 27.9 Å². The van der Waals surface area contributed by atoms with Crippen molar-refractivity contribution in [3.8, 4) is 0 Å². The van der Waals surface area contributed by atoms with Gasteiger partial charge in [-0.1, -0.05) is 148 Å². The van der Waals surface area contributed by atoms with Crippen molar-refractivity contribution in [1.82, 2.24) is 0 Å². The molecule has 284 valence electrons. The average Bonchev–Trinajstić information content (AvgIpc) is 3.07. The lowest BCUT2D eigenvalue weighted by molar-refractivity contribution is -0.153. The number of allylic oxidation sites excluding steroid dienone is 3. The van der Waals surface area contributed by atoms with Gasteiger partial charge in [0, 0.05) is 13.0 Å². The van der Waals surface area contributed by atoms with Gasteiger partial charge in [0.15, 0.2) is 6.10 Å². The topological polar surface area (TPSA) is 117 Å². The first-order valence-corrected chi connectivity index (χ1v) is 21.4. The minimum absolute atomic E-state index is 0.0317. The highest BCUT2D eigenvalue weighted by atomic mass is 31.2. The van der Waals surface area contributed by atoms with Gasteiger partial charge in [-0.2, -0.15) is 0 Å². The molecule has 8 nitrogen and oxygen atoms in total. The molecule has 0 aromatic rings. The van der Waals surface area contributed by atoms with E-state index in [1.165, 1.54) is 122 Å². The third kappa shape index (κ3) is 36.1. The summed E-state index contributed by atoms with van der Waals surface area (Å²) >= 11 is 0. The third-order valence-electron chi connectivity index (χ3n) is 8.44. The minimum Gasteiger partial charge on any atom is -0.498 e. The van der Waals surface area contributed by atoms with E-state index < -0.39 is 13.9 Å². The fourth-order valence-corrected chi connectivity index (χ4v) is 6.25. The summed E-state index contributed by atoms with van der Waals surface area (Å²) in [5.41, 5.74) is 5.35. The van der Waals surface area contributed by atoms with Crippen LogP contribution in [0.3, 0.4) is 0 Å². The Morgan fingerprint density at radius 2 is 1.06 bits per heavy atom. The number of carbonyl (C=O) groups excluding carboxylic acids is 1. The zero-order valence-electron chi connectivity index (χ0n) is 31.2. The highest BCUT2D eigenvalue weighted by Gasteiger charge is 2.25. The first-order valence-electron chi connectivity index (χ1n) is 19.9. The lowest BCUT2D eigenvalue weighted by atomic mass is 10.0. The molecule has 0 bridgehead atoms. The van der Waals surface area contributed by atoms with Crippen LogP contribution in [0.2, 0.25) is 0 Å². The molecule has 0 heterocycles. The number of phosphoric ester groups is 1. The molecular formula is C39H76NO7P. The Labute approximate surface area is 296 Å². The Kier molecular flexibility index (Phi) is 36.2. The molecule has 0 fully saturated rings. The standard InChI is InChI=1S/C39H76NO7P/c1-3-5-7-9-11-13-15-17-18-19-21-23-25-27-29-31-34-44-36-38(37-46-48(42,43)45-35-33-40)47-39(41)32-30-28-26-24-22-20-16-14-12-10-8-6-4-2/h14,16,31,34,38H,3-13,15,17-30,32-33,35-37,40H2,1-2H3,(H,42,43). The second-order valence-electron chi connectivity index (χ2n) is 13.2. The van der Waals surface area contributed by atoms with Crippen molar-refractivity contribution in [3.63, 3.8) is 0 Å². The van der Waals surface area contributed by atoms with E-state index in [1.54, 1.807) is 6.26 Å². The van der Waals surface area contributed by atoms with Crippen molar-refractivity contribution in [2.24, 2.45) is 5.73 Å². The SMILES string of the molecule is CCCCCCC=CCCCCCCCC(=O)OC(COC=CCCCCCCCCCCCCCCCC)COP(=O)(O)OCCN. The van der Waals surface area contributed by atoms with Gasteiger partial charge in [0.25, 0.3) is 0 Å². The van der Waals surface area contributed by atoms with Crippen LogP contribution in [0.4, 0.5) is 0 Å². The first-order chi connectivity index (χ1) is 23.4. The van der Waals surface area contributed by atoms with E-state index in [-0.39, 0.29) is 32.3 Å². The number of hydrogen-bond donors (Lipinski definition) is 2. The van der Waals surface area contributed by atoms with Gasteiger partial charge in [0.1, 0.15) is 6.61 Å². The van der Waals surface area contributed by atoms with Crippen molar-refractivity contribution in [1.29, 1.82) is 0 Å². The summed E-state index contributed by atoms with van der Waals surface area (Å²) < 4.78 is 33.1. The molecule has 0 aliphatic heterocycles. The van der Waals surface area contributed by atoms with Crippen molar-refractivity contribution < 1.29 is 32.8 Å². The highest BCUT2D eigenvalue weighted by molar-refractivity contribution is 7.47. The summed E-state index contributed by atoms with van der Waals surface area (Å²) in [4.78, 5) is 22.4. The molecule has 0 saturated heterocycles. The van der Waals surface area contributed by atoms with Gasteiger partial charge in [-0.3, -0.25) is 13.8 Å². The van der Waals surface area contributed by atoms with Gasteiger partial charge < -0.3 is 20.1 Å². The maximum Gasteiger partial charge on any atom is 0.472 e. The zero-order valence-corrected chi connectivity index (χ0v) is 32.1. The molecule has 0 aliphatic carbocycles. The molecule has 0 radical (unpaired) electrons. The van der Waals surface area contributed by atoms with Crippen molar-refractivity contribution in [3.05, 3.63) is 24.5 Å². The van der Waals surface area contributed by atoms with E-state index in [1.807, 2.05) is 6.08 Å². The Hall–Kier alpha value is -1.18. The number of rotatable bonds is 38. The molecule has 0 aromatic carbocycles. The fraction of sp³-hybridized carbons (Fsp3) is 0.872. The lowest BCUT2D eigenvalue weighted by Crippen LogP contribution is -2.27. The minimum atomic E-state index is -4.29. The van der Waals surface area contributed by atoms with E-state index in [9.17, 15) is 14.3 Å². The molecule has 0 saturated carbocycles. The Morgan fingerprint density at radius 3 is 1.56 bits per heavy atom. The van der Waals surface area contributed by atoms with Gasteiger partial charge in [0.2, 0.25) is 0 Å². The summed E-state index contributed by atoms with van der Waals surface area (Å²) in [7, 11) is -4.29. The number of hydrogen-bond acceptors (Lipinski definition) is 7. The monoisotopic (exact) mass is 702 g/mol. The van der Waals surface area contributed by atoms with E-state index in [0.29, 0.717) is 6.42 Å². The molecule has 0 amide bonds. The number of esters is 1. The molecule has 2 unspecified atom stereocenters. The van der Waals surface area contributed by atoms with Crippen molar-refractivity contribution in [2.75, 3.05) is 26.4 Å². The van der Waals surface area contributed by atoms with E-state index in [4.69, 9.17) is 24.3 Å². The molecular weight excluding hydrogens is 625 g/mol. The van der Waals surface area contributed by atoms with Crippen LogP contribution < -0.4 is 5.73 Å². The zero-order chi connectivity index (χ0) is 35.2. The summed E-state index contributed by atoms with van der Waals surface area (Å²) in [6.07, 6.45) is 40.0. The quantitative estimate of drug-likeness (QED) is 0.0215. The van der Waals surface area contributed by atoms with E-state index in [2.05, 4.69) is 26.0 Å². The molecule has 3 N–H and O–H groups in total. The van der Waals surface area contributed by atoms with Gasteiger partial charge >= 0.3 is 13.8 Å². The molecule has 0 spiro atoms. The van der Waals surface area contributed by atoms with Gasteiger partial charge in [-0.15, -0.1) is 0 Å². The van der Waals surface area contributed by atoms with Crippen LogP contribution in [0.5, 0.6) is 0 Å². The fourth-order valence-electron chi connectivity index (χ4n) is 5.49. The van der Waals surface area contributed by atoms with E-state index >= 15 is 0 Å². The molecule has 0 rings (SSSR count). The predicted octanol–water partition coefficient (Wildman–Crippen LogP) is 11.6. The van der Waals surface area contributed by atoms with Crippen LogP contribution in [0.15, 0.2) is 24.5 Å². The Morgan fingerprint density at radius 1 is 0.625 bits per heavy atom. The van der Waals surface area contributed by atoms with Crippen molar-refractivity contribution >= 4 is 13.8 Å². The van der Waals surface area contributed by atoms with Gasteiger partial charge in [-0.25, -0.2) is 4.57 Å². The summed E-state index contributed by atoms with van der Waals surface area (Å²) in [6, 6.07) is 0. The second-order valence-corrected chi connectivity index (χ2v) is 14.7.